The van der Waals surface area contributed by atoms with Gasteiger partial charge in [-0.3, -0.25) is 4.79 Å². The SMILES string of the molecule is CCCOc1ccc(C(=O)C=Cc2cc(CCC)c(OC(C)C)c(OC(C)C)c2)cc1. The Kier molecular flexibility index (Phi) is 9.64. The van der Waals surface area contributed by atoms with Crippen molar-refractivity contribution in [2.75, 3.05) is 6.61 Å². The molecule has 2 aromatic rings. The highest BCUT2D eigenvalue weighted by Gasteiger charge is 2.15. The Morgan fingerprint density at radius 1 is 0.935 bits per heavy atom. The first kappa shape index (κ1) is 24.5. The van der Waals surface area contributed by atoms with Crippen molar-refractivity contribution in [3.8, 4) is 17.2 Å². The van der Waals surface area contributed by atoms with E-state index in [9.17, 15) is 4.79 Å². The number of ketones is 1. The standard InChI is InChI=1S/C27H36O4/c1-7-9-23-17-21(18-26(30-19(3)4)27(23)31-20(5)6)10-15-25(28)22-11-13-24(14-12-22)29-16-8-2/h10-15,17-20H,7-9,16H2,1-6H3. The third-order valence-electron chi connectivity index (χ3n) is 4.43. The molecule has 0 saturated carbocycles. The molecule has 0 aliphatic rings. The van der Waals surface area contributed by atoms with Gasteiger partial charge in [0, 0.05) is 5.56 Å². The van der Waals surface area contributed by atoms with Gasteiger partial charge in [0.05, 0.1) is 18.8 Å². The molecule has 2 rings (SSSR count). The average molecular weight is 425 g/mol. The maximum Gasteiger partial charge on any atom is 0.185 e. The molecule has 2 aromatic carbocycles. The first-order chi connectivity index (χ1) is 14.8. The summed E-state index contributed by atoms with van der Waals surface area (Å²) in [6.45, 7) is 12.9. The van der Waals surface area contributed by atoms with Crippen LogP contribution in [0.3, 0.4) is 0 Å². The van der Waals surface area contributed by atoms with E-state index < -0.39 is 0 Å². The van der Waals surface area contributed by atoms with Crippen molar-refractivity contribution in [3.63, 3.8) is 0 Å². The summed E-state index contributed by atoms with van der Waals surface area (Å²) < 4.78 is 17.7. The minimum Gasteiger partial charge on any atom is -0.494 e. The molecule has 0 amide bonds. The van der Waals surface area contributed by atoms with Crippen molar-refractivity contribution in [3.05, 3.63) is 59.2 Å². The number of ether oxygens (including phenoxy) is 3. The molecule has 4 nitrogen and oxygen atoms in total. The van der Waals surface area contributed by atoms with Gasteiger partial charge in [-0.25, -0.2) is 0 Å². The van der Waals surface area contributed by atoms with E-state index in [1.807, 2.05) is 52.0 Å². The highest BCUT2D eigenvalue weighted by Crippen LogP contribution is 2.36. The number of carbonyl (C=O) groups is 1. The zero-order valence-electron chi connectivity index (χ0n) is 19.7. The summed E-state index contributed by atoms with van der Waals surface area (Å²) in [7, 11) is 0. The number of hydrogen-bond donors (Lipinski definition) is 0. The molecule has 0 aliphatic heterocycles. The van der Waals surface area contributed by atoms with Gasteiger partial charge in [0.25, 0.3) is 0 Å². The summed E-state index contributed by atoms with van der Waals surface area (Å²) in [5.41, 5.74) is 2.65. The quantitative estimate of drug-likeness (QED) is 0.275. The summed E-state index contributed by atoms with van der Waals surface area (Å²) in [4.78, 5) is 12.6. The van der Waals surface area contributed by atoms with Gasteiger partial charge in [0.1, 0.15) is 5.75 Å². The predicted octanol–water partition coefficient (Wildman–Crippen LogP) is 6.90. The summed E-state index contributed by atoms with van der Waals surface area (Å²) >= 11 is 0. The lowest BCUT2D eigenvalue weighted by Gasteiger charge is -2.21. The molecule has 0 unspecified atom stereocenters. The zero-order chi connectivity index (χ0) is 22.8. The van der Waals surface area contributed by atoms with E-state index in [-0.39, 0.29) is 18.0 Å². The Balaban J connectivity index is 2.28. The molecule has 0 radical (unpaired) electrons. The van der Waals surface area contributed by atoms with E-state index >= 15 is 0 Å². The topological polar surface area (TPSA) is 44.8 Å². The largest absolute Gasteiger partial charge is 0.494 e. The number of allylic oxidation sites excluding steroid dienone is 1. The monoisotopic (exact) mass is 424 g/mol. The highest BCUT2D eigenvalue weighted by atomic mass is 16.5. The molecule has 0 bridgehead atoms. The summed E-state index contributed by atoms with van der Waals surface area (Å²) in [6.07, 6.45) is 6.35. The van der Waals surface area contributed by atoms with Gasteiger partial charge in [-0.2, -0.15) is 0 Å². The third kappa shape index (κ3) is 7.78. The average Bonchev–Trinajstić information content (AvgIpc) is 2.72. The number of aryl methyl sites for hydroxylation is 1. The highest BCUT2D eigenvalue weighted by molar-refractivity contribution is 6.06. The van der Waals surface area contributed by atoms with Crippen molar-refractivity contribution in [2.45, 2.75) is 73.0 Å². The molecule has 0 spiro atoms. The fourth-order valence-corrected chi connectivity index (χ4v) is 3.15. The molecule has 168 valence electrons. The molecule has 0 N–H and O–H groups in total. The van der Waals surface area contributed by atoms with Crippen LogP contribution in [-0.2, 0) is 6.42 Å². The van der Waals surface area contributed by atoms with Crippen molar-refractivity contribution < 1.29 is 19.0 Å². The minimum absolute atomic E-state index is 0.0262. The molecule has 0 aromatic heterocycles. The van der Waals surface area contributed by atoms with E-state index in [0.717, 1.165) is 47.6 Å². The Hall–Kier alpha value is -2.75. The van der Waals surface area contributed by atoms with Gasteiger partial charge in [-0.15, -0.1) is 0 Å². The van der Waals surface area contributed by atoms with Crippen molar-refractivity contribution in [2.24, 2.45) is 0 Å². The van der Waals surface area contributed by atoms with Crippen LogP contribution in [0, 0.1) is 0 Å². The van der Waals surface area contributed by atoms with E-state index in [2.05, 4.69) is 19.9 Å². The number of benzene rings is 2. The Labute approximate surface area is 187 Å². The fourth-order valence-electron chi connectivity index (χ4n) is 3.15. The maximum absolute atomic E-state index is 12.6. The lowest BCUT2D eigenvalue weighted by atomic mass is 10.0. The molecule has 31 heavy (non-hydrogen) atoms. The smallest absolute Gasteiger partial charge is 0.185 e. The van der Waals surface area contributed by atoms with Gasteiger partial charge in [-0.1, -0.05) is 26.3 Å². The molecule has 0 saturated heterocycles. The normalized spacial score (nSPS) is 11.4. The fraction of sp³-hybridized carbons (Fsp3) is 0.444. The van der Waals surface area contributed by atoms with Crippen LogP contribution in [0.5, 0.6) is 17.2 Å². The van der Waals surface area contributed by atoms with Gasteiger partial charge in [0.2, 0.25) is 0 Å². The van der Waals surface area contributed by atoms with E-state index in [1.165, 1.54) is 0 Å². The third-order valence-corrected chi connectivity index (χ3v) is 4.43. The van der Waals surface area contributed by atoms with Crippen LogP contribution in [0.25, 0.3) is 6.08 Å². The molecule has 4 heteroatoms. The van der Waals surface area contributed by atoms with Gasteiger partial charge >= 0.3 is 0 Å². The van der Waals surface area contributed by atoms with Crippen LogP contribution in [0.2, 0.25) is 0 Å². The number of hydrogen-bond acceptors (Lipinski definition) is 4. The molecular weight excluding hydrogens is 388 g/mol. The molecule has 0 aliphatic carbocycles. The Morgan fingerprint density at radius 2 is 1.61 bits per heavy atom. The van der Waals surface area contributed by atoms with E-state index in [0.29, 0.717) is 12.2 Å². The lowest BCUT2D eigenvalue weighted by molar-refractivity contribution is 0.104. The van der Waals surface area contributed by atoms with Crippen LogP contribution in [0.1, 0.15) is 75.9 Å². The van der Waals surface area contributed by atoms with Crippen molar-refractivity contribution in [1.82, 2.24) is 0 Å². The number of rotatable bonds is 12. The first-order valence-corrected chi connectivity index (χ1v) is 11.3. The molecular formula is C27H36O4. The summed E-state index contributed by atoms with van der Waals surface area (Å²) in [5, 5.41) is 0. The number of carbonyl (C=O) groups excluding carboxylic acids is 1. The second-order valence-electron chi connectivity index (χ2n) is 8.16. The first-order valence-electron chi connectivity index (χ1n) is 11.3. The maximum atomic E-state index is 12.6. The van der Waals surface area contributed by atoms with Gasteiger partial charge in [0.15, 0.2) is 17.3 Å². The summed E-state index contributed by atoms with van der Waals surface area (Å²) in [6, 6.07) is 11.3. The van der Waals surface area contributed by atoms with E-state index in [1.54, 1.807) is 18.2 Å². The van der Waals surface area contributed by atoms with Gasteiger partial charge in [-0.05, 0) is 94.1 Å². The van der Waals surface area contributed by atoms with Crippen LogP contribution >= 0.6 is 0 Å². The van der Waals surface area contributed by atoms with Crippen LogP contribution < -0.4 is 14.2 Å². The molecule has 0 fully saturated rings. The Bertz CT molecular complexity index is 864. The van der Waals surface area contributed by atoms with E-state index in [4.69, 9.17) is 14.2 Å². The predicted molar refractivity (Wildman–Crippen MR) is 128 cm³/mol. The lowest BCUT2D eigenvalue weighted by Crippen LogP contribution is -2.12. The van der Waals surface area contributed by atoms with Crippen LogP contribution in [0.15, 0.2) is 42.5 Å². The van der Waals surface area contributed by atoms with Gasteiger partial charge < -0.3 is 14.2 Å². The Morgan fingerprint density at radius 3 is 2.19 bits per heavy atom. The minimum atomic E-state index is -0.0482. The zero-order valence-corrected chi connectivity index (χ0v) is 19.7. The van der Waals surface area contributed by atoms with Crippen molar-refractivity contribution in [1.29, 1.82) is 0 Å². The van der Waals surface area contributed by atoms with Crippen LogP contribution in [-0.4, -0.2) is 24.6 Å². The summed E-state index contributed by atoms with van der Waals surface area (Å²) in [5.74, 6) is 2.26. The molecule has 0 atom stereocenters. The van der Waals surface area contributed by atoms with Crippen LogP contribution in [0.4, 0.5) is 0 Å². The van der Waals surface area contributed by atoms with Crippen molar-refractivity contribution >= 4 is 11.9 Å². The molecule has 0 heterocycles. The second kappa shape index (κ2) is 12.2. The second-order valence-corrected chi connectivity index (χ2v) is 8.16.